The number of carbonyl (C=O) groups excluding carboxylic acids is 1. The van der Waals surface area contributed by atoms with Gasteiger partial charge >= 0.3 is 0 Å². The number of benzene rings is 2. The summed E-state index contributed by atoms with van der Waals surface area (Å²) in [5, 5.41) is 4.65. The number of carbonyl (C=O) groups is 1. The monoisotopic (exact) mass is 349 g/mol. The molecule has 1 saturated heterocycles. The summed E-state index contributed by atoms with van der Waals surface area (Å²) in [6.45, 7) is 2.14. The van der Waals surface area contributed by atoms with Crippen LogP contribution in [0.5, 0.6) is 0 Å². The third-order valence-electron chi connectivity index (χ3n) is 5.42. The zero-order valence-corrected chi connectivity index (χ0v) is 14.9. The minimum Gasteiger partial charge on any atom is -0.341 e. The van der Waals surface area contributed by atoms with Gasteiger partial charge < -0.3 is 14.8 Å². The number of fused-ring (bicyclic) bond motifs is 2. The molecule has 26 heavy (non-hydrogen) atoms. The molecule has 1 amide bonds. The molecule has 0 atom stereocenters. The molecule has 1 aliphatic heterocycles. The van der Waals surface area contributed by atoms with Crippen LogP contribution >= 0.6 is 0 Å². The van der Waals surface area contributed by atoms with Crippen molar-refractivity contribution in [2.75, 3.05) is 20.1 Å². The number of nitrogens with one attached hydrogen (secondary N) is 1. The third-order valence-corrected chi connectivity index (χ3v) is 5.42. The highest BCUT2D eigenvalue weighted by Crippen LogP contribution is 2.20. The molecule has 0 bridgehead atoms. The molecule has 1 aliphatic rings. The van der Waals surface area contributed by atoms with E-state index in [-0.39, 0.29) is 23.9 Å². The molecule has 1 N–H and O–H groups in total. The van der Waals surface area contributed by atoms with E-state index in [0.717, 1.165) is 37.0 Å². The van der Waals surface area contributed by atoms with Crippen molar-refractivity contribution in [1.29, 1.82) is 0 Å². The minimum atomic E-state index is 0.0200. The number of likely N-dealkylation sites (N-methyl/N-ethyl adjacent to an activating group) is 1. The zero-order chi connectivity index (χ0) is 18.1. The van der Waals surface area contributed by atoms with Crippen LogP contribution in [0.4, 0.5) is 0 Å². The Bertz CT molecular complexity index is 959. The molecular weight excluding hydrogens is 326 g/mol. The van der Waals surface area contributed by atoms with Crippen LogP contribution in [-0.2, 0) is 11.3 Å². The summed E-state index contributed by atoms with van der Waals surface area (Å²) < 4.78 is 1.98. The highest BCUT2D eigenvalue weighted by Gasteiger charge is 2.23. The number of rotatable bonds is 3. The molecule has 0 radical (unpaired) electrons. The third kappa shape index (κ3) is 2.88. The lowest BCUT2D eigenvalue weighted by Crippen LogP contribution is -2.45. The largest absolute Gasteiger partial charge is 0.341 e. The molecule has 0 saturated carbocycles. The molecule has 5 heteroatoms. The topological polar surface area (TPSA) is 54.3 Å². The van der Waals surface area contributed by atoms with Gasteiger partial charge in [-0.15, -0.1) is 0 Å². The van der Waals surface area contributed by atoms with Gasteiger partial charge in [0.05, 0.1) is 11.0 Å². The van der Waals surface area contributed by atoms with Crippen molar-refractivity contribution in [3.05, 3.63) is 58.8 Å². The van der Waals surface area contributed by atoms with Gasteiger partial charge in [-0.2, -0.15) is 0 Å². The van der Waals surface area contributed by atoms with E-state index in [2.05, 4.69) is 5.32 Å². The van der Waals surface area contributed by atoms with Crippen LogP contribution in [-0.4, -0.2) is 41.6 Å². The first-order valence-corrected chi connectivity index (χ1v) is 9.13. The molecular formula is C21H23N3O2. The molecule has 2 heterocycles. The van der Waals surface area contributed by atoms with E-state index in [1.165, 1.54) is 0 Å². The lowest BCUT2D eigenvalue weighted by atomic mass is 10.1. The number of amides is 1. The van der Waals surface area contributed by atoms with Gasteiger partial charge in [-0.3, -0.25) is 9.59 Å². The van der Waals surface area contributed by atoms with E-state index < -0.39 is 0 Å². The van der Waals surface area contributed by atoms with Crippen LogP contribution in [0.2, 0.25) is 0 Å². The maximum absolute atomic E-state index is 13.0. The summed E-state index contributed by atoms with van der Waals surface area (Å²) in [6.07, 6.45) is 1.96. The van der Waals surface area contributed by atoms with E-state index in [1.54, 1.807) is 0 Å². The molecule has 3 aromatic rings. The Morgan fingerprint density at radius 2 is 1.58 bits per heavy atom. The SMILES string of the molecule is CN(C(=O)Cn1c2ccccc2c(=O)c2ccccc21)C1CCNCC1. The van der Waals surface area contributed by atoms with Gasteiger partial charge in [0.2, 0.25) is 5.91 Å². The summed E-state index contributed by atoms with van der Waals surface area (Å²) in [4.78, 5) is 27.7. The first-order valence-electron chi connectivity index (χ1n) is 9.13. The van der Waals surface area contributed by atoms with Gasteiger partial charge in [0.15, 0.2) is 5.43 Å². The van der Waals surface area contributed by atoms with Crippen molar-refractivity contribution in [1.82, 2.24) is 14.8 Å². The number of piperidine rings is 1. The highest BCUT2D eigenvalue weighted by atomic mass is 16.2. The van der Waals surface area contributed by atoms with Crippen molar-refractivity contribution in [3.8, 4) is 0 Å². The van der Waals surface area contributed by atoms with E-state index in [1.807, 2.05) is 65.0 Å². The Hall–Kier alpha value is -2.66. The molecule has 134 valence electrons. The van der Waals surface area contributed by atoms with Crippen molar-refractivity contribution in [2.45, 2.75) is 25.4 Å². The van der Waals surface area contributed by atoms with Gasteiger partial charge in [-0.25, -0.2) is 0 Å². The fourth-order valence-electron chi connectivity index (χ4n) is 3.89. The maximum Gasteiger partial charge on any atom is 0.242 e. The fraction of sp³-hybridized carbons (Fsp3) is 0.333. The molecule has 2 aromatic carbocycles. The maximum atomic E-state index is 13.0. The number of hydrogen-bond donors (Lipinski definition) is 1. The van der Waals surface area contributed by atoms with Crippen molar-refractivity contribution >= 4 is 27.7 Å². The Morgan fingerprint density at radius 1 is 1.04 bits per heavy atom. The Kier molecular flexibility index (Phi) is 4.47. The van der Waals surface area contributed by atoms with Crippen LogP contribution in [0.3, 0.4) is 0 Å². The van der Waals surface area contributed by atoms with Crippen molar-refractivity contribution in [3.63, 3.8) is 0 Å². The lowest BCUT2D eigenvalue weighted by Gasteiger charge is -2.32. The molecule has 1 aromatic heterocycles. The molecule has 5 nitrogen and oxygen atoms in total. The van der Waals surface area contributed by atoms with Gasteiger partial charge in [0, 0.05) is 23.9 Å². The number of para-hydroxylation sites is 2. The summed E-state index contributed by atoms with van der Waals surface area (Å²) in [6, 6.07) is 15.3. The average molecular weight is 349 g/mol. The normalized spacial score (nSPS) is 15.4. The van der Waals surface area contributed by atoms with E-state index in [0.29, 0.717) is 10.8 Å². The Balaban J connectivity index is 1.78. The smallest absolute Gasteiger partial charge is 0.242 e. The Morgan fingerprint density at radius 3 is 2.15 bits per heavy atom. The van der Waals surface area contributed by atoms with E-state index in [9.17, 15) is 9.59 Å². The zero-order valence-electron chi connectivity index (χ0n) is 14.9. The van der Waals surface area contributed by atoms with Crippen LogP contribution in [0.1, 0.15) is 12.8 Å². The van der Waals surface area contributed by atoms with Crippen LogP contribution in [0, 0.1) is 0 Å². The first-order chi connectivity index (χ1) is 12.7. The first kappa shape index (κ1) is 16.8. The van der Waals surface area contributed by atoms with Crippen molar-refractivity contribution in [2.24, 2.45) is 0 Å². The summed E-state index contributed by atoms with van der Waals surface area (Å²) >= 11 is 0. The number of aromatic nitrogens is 1. The van der Waals surface area contributed by atoms with E-state index in [4.69, 9.17) is 0 Å². The van der Waals surface area contributed by atoms with Gasteiger partial charge in [-0.1, -0.05) is 24.3 Å². The van der Waals surface area contributed by atoms with Gasteiger partial charge in [0.25, 0.3) is 0 Å². The summed E-state index contributed by atoms with van der Waals surface area (Å²) in [5.74, 6) is 0.0795. The minimum absolute atomic E-state index is 0.0200. The molecule has 0 aliphatic carbocycles. The predicted molar refractivity (Wildman–Crippen MR) is 104 cm³/mol. The number of pyridine rings is 1. The van der Waals surface area contributed by atoms with Crippen LogP contribution in [0.15, 0.2) is 53.3 Å². The van der Waals surface area contributed by atoms with Crippen molar-refractivity contribution < 1.29 is 4.79 Å². The average Bonchev–Trinajstić information content (AvgIpc) is 2.71. The molecule has 0 unspecified atom stereocenters. The number of nitrogens with zero attached hydrogens (tertiary/aromatic N) is 2. The van der Waals surface area contributed by atoms with Gasteiger partial charge in [0.1, 0.15) is 6.54 Å². The predicted octanol–water partition coefficient (Wildman–Crippen LogP) is 2.37. The van der Waals surface area contributed by atoms with Crippen LogP contribution in [0.25, 0.3) is 21.8 Å². The second-order valence-electron chi connectivity index (χ2n) is 6.94. The Labute approximate surface area is 152 Å². The second kappa shape index (κ2) is 6.92. The lowest BCUT2D eigenvalue weighted by molar-refractivity contribution is -0.132. The molecule has 1 fully saturated rings. The second-order valence-corrected chi connectivity index (χ2v) is 6.94. The molecule has 4 rings (SSSR count). The van der Waals surface area contributed by atoms with E-state index >= 15 is 0 Å². The van der Waals surface area contributed by atoms with Crippen LogP contribution < -0.4 is 10.7 Å². The quantitative estimate of drug-likeness (QED) is 0.739. The highest BCUT2D eigenvalue weighted by molar-refractivity contribution is 5.94. The number of hydrogen-bond acceptors (Lipinski definition) is 3. The van der Waals surface area contributed by atoms with Gasteiger partial charge in [-0.05, 0) is 50.2 Å². The standard InChI is InChI=1S/C21H23N3O2/c1-23(15-10-12-22-13-11-15)20(25)14-24-18-8-4-2-6-16(18)21(26)17-7-3-5-9-19(17)24/h2-9,15,22H,10-14H2,1H3. The fourth-order valence-corrected chi connectivity index (χ4v) is 3.89. The molecule has 0 spiro atoms. The summed E-state index contributed by atoms with van der Waals surface area (Å²) in [7, 11) is 1.89. The summed E-state index contributed by atoms with van der Waals surface area (Å²) in [5.41, 5.74) is 1.64.